The van der Waals surface area contributed by atoms with Gasteiger partial charge in [0.1, 0.15) is 11.9 Å². The third kappa shape index (κ3) is 1.53. The van der Waals surface area contributed by atoms with Gasteiger partial charge in [-0.05, 0) is 0 Å². The molecule has 1 atom stereocenters. The van der Waals surface area contributed by atoms with E-state index in [1.165, 1.54) is 0 Å². The van der Waals surface area contributed by atoms with E-state index >= 15 is 0 Å². The van der Waals surface area contributed by atoms with E-state index in [1.807, 2.05) is 0 Å². The minimum absolute atomic E-state index is 0.0951. The molecule has 1 rings (SSSR count). The fourth-order valence-electron chi connectivity index (χ4n) is 1.15. The summed E-state index contributed by atoms with van der Waals surface area (Å²) < 4.78 is 10.2. The minimum atomic E-state index is -0.0951. The van der Waals surface area contributed by atoms with Crippen LogP contribution in [-0.2, 0) is 9.47 Å². The summed E-state index contributed by atoms with van der Waals surface area (Å²) >= 11 is 0. The average Bonchev–Trinajstić information content (AvgIpc) is 2.09. The Balaban J connectivity index is 2.85. The highest BCUT2D eigenvalue weighted by atomic mass is 16.5. The first kappa shape index (κ1) is 8.93. The van der Waals surface area contributed by atoms with Crippen molar-refractivity contribution in [2.24, 2.45) is 11.5 Å². The van der Waals surface area contributed by atoms with Crippen LogP contribution in [0.4, 0.5) is 0 Å². The molecule has 0 unspecified atom stereocenters. The summed E-state index contributed by atoms with van der Waals surface area (Å²) in [6.45, 7) is 0. The number of methoxy groups -OCH3 is 2. The third-order valence-electron chi connectivity index (χ3n) is 1.91. The minimum Gasteiger partial charge on any atom is -0.498 e. The van der Waals surface area contributed by atoms with Crippen LogP contribution in [-0.4, -0.2) is 20.3 Å². The van der Waals surface area contributed by atoms with Gasteiger partial charge in [-0.2, -0.15) is 0 Å². The first-order valence-corrected chi connectivity index (χ1v) is 3.71. The van der Waals surface area contributed by atoms with Gasteiger partial charge in [0.15, 0.2) is 0 Å². The highest BCUT2D eigenvalue weighted by Crippen LogP contribution is 2.21. The maximum atomic E-state index is 5.64. The Morgan fingerprint density at radius 1 is 1.42 bits per heavy atom. The van der Waals surface area contributed by atoms with Gasteiger partial charge in [0.25, 0.3) is 0 Å². The topological polar surface area (TPSA) is 70.5 Å². The summed E-state index contributed by atoms with van der Waals surface area (Å²) in [5, 5.41) is 0. The standard InChI is InChI=1S/C8H14N2O2/c1-11-7-3-5(9)6(10)4-8(7)12-2/h3,8H,4,9-10H2,1-2H3/t8-/m0/s1. The lowest BCUT2D eigenvalue weighted by Gasteiger charge is -2.22. The van der Waals surface area contributed by atoms with Crippen molar-refractivity contribution in [1.29, 1.82) is 0 Å². The molecule has 0 aromatic carbocycles. The molecule has 4 nitrogen and oxygen atoms in total. The van der Waals surface area contributed by atoms with Gasteiger partial charge in [-0.15, -0.1) is 0 Å². The van der Waals surface area contributed by atoms with Crippen LogP contribution in [0.2, 0.25) is 0 Å². The molecular weight excluding hydrogens is 156 g/mol. The molecular formula is C8H14N2O2. The summed E-state index contributed by atoms with van der Waals surface area (Å²) in [7, 11) is 3.21. The van der Waals surface area contributed by atoms with Crippen LogP contribution in [0.3, 0.4) is 0 Å². The average molecular weight is 170 g/mol. The molecule has 0 amide bonds. The van der Waals surface area contributed by atoms with E-state index in [0.717, 1.165) is 5.76 Å². The molecule has 0 spiro atoms. The number of rotatable bonds is 2. The fraction of sp³-hybridized carbons (Fsp3) is 0.500. The van der Waals surface area contributed by atoms with E-state index in [4.69, 9.17) is 20.9 Å². The van der Waals surface area contributed by atoms with Gasteiger partial charge in [-0.1, -0.05) is 0 Å². The van der Waals surface area contributed by atoms with Gasteiger partial charge in [0, 0.05) is 25.3 Å². The van der Waals surface area contributed by atoms with Crippen molar-refractivity contribution < 1.29 is 9.47 Å². The normalized spacial score (nSPS) is 23.8. The van der Waals surface area contributed by atoms with Gasteiger partial charge in [0.2, 0.25) is 0 Å². The molecule has 4 heteroatoms. The van der Waals surface area contributed by atoms with Crippen molar-refractivity contribution in [3.05, 3.63) is 23.2 Å². The molecule has 0 bridgehead atoms. The second kappa shape index (κ2) is 3.49. The summed E-state index contributed by atoms with van der Waals surface area (Å²) in [6.07, 6.45) is 2.21. The van der Waals surface area contributed by atoms with Crippen molar-refractivity contribution in [2.45, 2.75) is 12.5 Å². The molecule has 0 radical (unpaired) electrons. The van der Waals surface area contributed by atoms with Crippen LogP contribution < -0.4 is 11.5 Å². The number of nitrogens with two attached hydrogens (primary N) is 2. The van der Waals surface area contributed by atoms with Crippen LogP contribution in [0.15, 0.2) is 23.2 Å². The molecule has 0 aromatic heterocycles. The van der Waals surface area contributed by atoms with E-state index in [0.29, 0.717) is 17.8 Å². The number of allylic oxidation sites excluding steroid dienone is 1. The molecule has 1 aliphatic carbocycles. The smallest absolute Gasteiger partial charge is 0.127 e. The van der Waals surface area contributed by atoms with E-state index in [-0.39, 0.29) is 6.10 Å². The highest BCUT2D eigenvalue weighted by Gasteiger charge is 2.20. The summed E-state index contributed by atoms with van der Waals surface area (Å²) in [5.74, 6) is 0.726. The molecule has 12 heavy (non-hydrogen) atoms. The van der Waals surface area contributed by atoms with E-state index in [1.54, 1.807) is 20.3 Å². The maximum Gasteiger partial charge on any atom is 0.127 e. The molecule has 1 aliphatic rings. The molecule has 0 aliphatic heterocycles. The van der Waals surface area contributed by atoms with Crippen LogP contribution in [0, 0.1) is 0 Å². The highest BCUT2D eigenvalue weighted by molar-refractivity contribution is 5.30. The Kier molecular flexibility index (Phi) is 2.60. The fourth-order valence-corrected chi connectivity index (χ4v) is 1.15. The van der Waals surface area contributed by atoms with Crippen molar-refractivity contribution in [1.82, 2.24) is 0 Å². The summed E-state index contributed by atoms with van der Waals surface area (Å²) in [4.78, 5) is 0. The van der Waals surface area contributed by atoms with Gasteiger partial charge in [-0.25, -0.2) is 0 Å². The quantitative estimate of drug-likeness (QED) is 0.615. The first-order chi connectivity index (χ1) is 5.69. The molecule has 0 fully saturated rings. The summed E-state index contributed by atoms with van der Waals surface area (Å²) in [5.41, 5.74) is 12.5. The first-order valence-electron chi connectivity index (χ1n) is 3.71. The number of ether oxygens (including phenoxy) is 2. The number of hydrogen-bond donors (Lipinski definition) is 2. The van der Waals surface area contributed by atoms with E-state index in [9.17, 15) is 0 Å². The molecule has 0 aromatic rings. The zero-order valence-corrected chi connectivity index (χ0v) is 7.33. The van der Waals surface area contributed by atoms with Gasteiger partial charge in [0.05, 0.1) is 12.8 Å². The van der Waals surface area contributed by atoms with Gasteiger partial charge in [-0.3, -0.25) is 0 Å². The Hall–Kier alpha value is -1.16. The Morgan fingerprint density at radius 2 is 2.08 bits per heavy atom. The van der Waals surface area contributed by atoms with Crippen LogP contribution >= 0.6 is 0 Å². The molecule has 0 saturated heterocycles. The monoisotopic (exact) mass is 170 g/mol. The zero-order chi connectivity index (χ0) is 9.14. The van der Waals surface area contributed by atoms with Gasteiger partial charge < -0.3 is 20.9 Å². The maximum absolute atomic E-state index is 5.64. The largest absolute Gasteiger partial charge is 0.498 e. The zero-order valence-electron chi connectivity index (χ0n) is 7.33. The Bertz CT molecular complexity index is 233. The lowest BCUT2D eigenvalue weighted by molar-refractivity contribution is 0.0765. The van der Waals surface area contributed by atoms with E-state index in [2.05, 4.69) is 0 Å². The molecule has 0 saturated carbocycles. The predicted octanol–water partition coefficient (Wildman–Crippen LogP) is 0.0644. The number of hydrogen-bond acceptors (Lipinski definition) is 4. The second-order valence-electron chi connectivity index (χ2n) is 2.66. The van der Waals surface area contributed by atoms with Crippen molar-refractivity contribution in [3.8, 4) is 0 Å². The van der Waals surface area contributed by atoms with Crippen LogP contribution in [0.5, 0.6) is 0 Å². The summed E-state index contributed by atoms with van der Waals surface area (Å²) in [6, 6.07) is 0. The van der Waals surface area contributed by atoms with Crippen LogP contribution in [0.1, 0.15) is 6.42 Å². The van der Waals surface area contributed by atoms with Crippen molar-refractivity contribution in [3.63, 3.8) is 0 Å². The third-order valence-corrected chi connectivity index (χ3v) is 1.91. The van der Waals surface area contributed by atoms with Crippen LogP contribution in [0.25, 0.3) is 0 Å². The molecule has 0 heterocycles. The second-order valence-corrected chi connectivity index (χ2v) is 2.66. The Morgan fingerprint density at radius 3 is 2.58 bits per heavy atom. The van der Waals surface area contributed by atoms with Crippen molar-refractivity contribution in [2.75, 3.05) is 14.2 Å². The van der Waals surface area contributed by atoms with E-state index < -0.39 is 0 Å². The van der Waals surface area contributed by atoms with Gasteiger partial charge >= 0.3 is 0 Å². The lowest BCUT2D eigenvalue weighted by atomic mass is 10.0. The lowest BCUT2D eigenvalue weighted by Crippen LogP contribution is -2.25. The SMILES string of the molecule is COC1=CC(N)=C(N)C[C@@H]1OC. The molecule has 68 valence electrons. The van der Waals surface area contributed by atoms with Crippen molar-refractivity contribution >= 4 is 0 Å². The Labute approximate surface area is 71.8 Å². The predicted molar refractivity (Wildman–Crippen MR) is 45.9 cm³/mol. The molecule has 4 N–H and O–H groups in total.